The van der Waals surface area contributed by atoms with Gasteiger partial charge in [0, 0.05) is 12.4 Å². The first-order valence-corrected chi connectivity index (χ1v) is 9.86. The minimum atomic E-state index is -0.477. The molecule has 2 heterocycles. The van der Waals surface area contributed by atoms with Crippen molar-refractivity contribution < 1.29 is 13.7 Å². The number of hydrogen-bond acceptors (Lipinski definition) is 4. The molecular formula is C23H20B3NO3. The number of hydrogen-bond donors (Lipinski definition) is 0. The second kappa shape index (κ2) is 10.6. The summed E-state index contributed by atoms with van der Waals surface area (Å²) in [5, 5.41) is 0. The van der Waals surface area contributed by atoms with Crippen molar-refractivity contribution in [2.45, 2.75) is 0 Å². The molecule has 3 aromatic carbocycles. The van der Waals surface area contributed by atoms with Crippen LogP contribution in [-0.2, 0) is 13.7 Å². The van der Waals surface area contributed by atoms with Crippen LogP contribution in [0.15, 0.2) is 122 Å². The summed E-state index contributed by atoms with van der Waals surface area (Å²) in [4.78, 5) is 3.78. The molecule has 0 spiro atoms. The van der Waals surface area contributed by atoms with Gasteiger partial charge in [-0.1, -0.05) is 97.1 Å². The Balaban J connectivity index is 0.000000313. The zero-order chi connectivity index (χ0) is 20.4. The summed E-state index contributed by atoms with van der Waals surface area (Å²) in [6.45, 7) is 0. The molecule has 0 bridgehead atoms. The molecule has 0 atom stereocenters. The lowest BCUT2D eigenvalue weighted by atomic mass is 9.61. The summed E-state index contributed by atoms with van der Waals surface area (Å²) in [5.74, 6) is 0. The zero-order valence-electron chi connectivity index (χ0n) is 16.5. The smallest absolute Gasteiger partial charge is 0.445 e. The Bertz CT molecular complexity index is 854. The van der Waals surface area contributed by atoms with Gasteiger partial charge in [0.25, 0.3) is 0 Å². The van der Waals surface area contributed by atoms with Gasteiger partial charge in [0.2, 0.25) is 0 Å². The topological polar surface area (TPSA) is 40.6 Å². The molecule has 0 radical (unpaired) electrons. The van der Waals surface area contributed by atoms with Crippen molar-refractivity contribution in [2.75, 3.05) is 0 Å². The summed E-state index contributed by atoms with van der Waals surface area (Å²) >= 11 is 0. The van der Waals surface area contributed by atoms with E-state index >= 15 is 0 Å². The molecule has 7 heteroatoms. The fourth-order valence-corrected chi connectivity index (χ4v) is 3.05. The van der Waals surface area contributed by atoms with Gasteiger partial charge in [-0.2, -0.15) is 0 Å². The Morgan fingerprint density at radius 3 is 0.933 bits per heavy atom. The van der Waals surface area contributed by atoms with Crippen molar-refractivity contribution >= 4 is 37.7 Å². The van der Waals surface area contributed by atoms with Crippen LogP contribution < -0.4 is 16.4 Å². The molecule has 1 fully saturated rings. The molecule has 0 aliphatic carbocycles. The third-order valence-electron chi connectivity index (χ3n) is 4.52. The summed E-state index contributed by atoms with van der Waals surface area (Å²) in [6.07, 6.45) is 3.50. The van der Waals surface area contributed by atoms with Gasteiger partial charge in [-0.05, 0) is 28.5 Å². The molecule has 5 rings (SSSR count). The van der Waals surface area contributed by atoms with Gasteiger partial charge in [-0.25, -0.2) is 0 Å². The molecule has 0 unspecified atom stereocenters. The standard InChI is InChI=1S/C18H15B3O3.C5H5N/c1-4-10-16(11-5-1)19-22-20(17-12-6-2-7-13-17)24-21(23-19)18-14-8-3-9-15-18;1-2-4-6-5-3-1/h1-15H;1-5H. The van der Waals surface area contributed by atoms with E-state index in [1.165, 1.54) is 0 Å². The van der Waals surface area contributed by atoms with E-state index in [0.29, 0.717) is 0 Å². The molecule has 0 amide bonds. The molecule has 0 N–H and O–H groups in total. The summed E-state index contributed by atoms with van der Waals surface area (Å²) < 4.78 is 18.2. The Labute approximate surface area is 178 Å². The molecular weight excluding hydrogens is 371 g/mol. The Morgan fingerprint density at radius 2 is 0.700 bits per heavy atom. The molecule has 4 aromatic rings. The zero-order valence-corrected chi connectivity index (χ0v) is 16.5. The van der Waals surface area contributed by atoms with Crippen molar-refractivity contribution in [1.29, 1.82) is 0 Å². The van der Waals surface area contributed by atoms with E-state index in [1.807, 2.05) is 109 Å². The fraction of sp³-hybridized carbons (Fsp3) is 0. The van der Waals surface area contributed by atoms with E-state index in [4.69, 9.17) is 13.7 Å². The van der Waals surface area contributed by atoms with Crippen LogP contribution in [0.4, 0.5) is 0 Å². The maximum absolute atomic E-state index is 6.07. The third kappa shape index (κ3) is 5.48. The molecule has 4 nitrogen and oxygen atoms in total. The fourth-order valence-electron chi connectivity index (χ4n) is 3.05. The maximum atomic E-state index is 6.07. The quantitative estimate of drug-likeness (QED) is 0.503. The van der Waals surface area contributed by atoms with Gasteiger partial charge in [-0.3, -0.25) is 4.98 Å². The lowest BCUT2D eigenvalue weighted by Crippen LogP contribution is -2.61. The Hall–Kier alpha value is -3.12. The van der Waals surface area contributed by atoms with Crippen LogP contribution in [-0.4, -0.2) is 26.3 Å². The SMILES string of the molecule is c1ccc(B2OB(c3ccccc3)OB(c3ccccc3)O2)cc1.c1ccncc1. The van der Waals surface area contributed by atoms with Crippen molar-refractivity contribution in [2.24, 2.45) is 0 Å². The van der Waals surface area contributed by atoms with Gasteiger partial charge < -0.3 is 13.7 Å². The van der Waals surface area contributed by atoms with Gasteiger partial charge in [-0.15, -0.1) is 0 Å². The van der Waals surface area contributed by atoms with Crippen LogP contribution in [0.5, 0.6) is 0 Å². The normalized spacial score (nSPS) is 13.4. The van der Waals surface area contributed by atoms with Crippen molar-refractivity contribution in [1.82, 2.24) is 4.98 Å². The first kappa shape index (κ1) is 20.2. The van der Waals surface area contributed by atoms with Crippen molar-refractivity contribution in [3.8, 4) is 0 Å². The van der Waals surface area contributed by atoms with Crippen LogP contribution in [0.25, 0.3) is 0 Å². The second-order valence-electron chi connectivity index (χ2n) is 6.66. The van der Waals surface area contributed by atoms with Crippen molar-refractivity contribution in [3.63, 3.8) is 0 Å². The molecule has 1 aliphatic rings. The summed E-state index contributed by atoms with van der Waals surface area (Å²) in [7, 11) is -1.43. The number of pyridine rings is 1. The van der Waals surface area contributed by atoms with E-state index < -0.39 is 21.4 Å². The van der Waals surface area contributed by atoms with Gasteiger partial charge >= 0.3 is 21.4 Å². The van der Waals surface area contributed by atoms with Crippen LogP contribution in [0.3, 0.4) is 0 Å². The minimum Gasteiger partial charge on any atom is -0.445 e. The van der Waals surface area contributed by atoms with E-state index in [2.05, 4.69) is 4.98 Å². The highest BCUT2D eigenvalue weighted by Gasteiger charge is 2.43. The maximum Gasteiger partial charge on any atom is 0.467 e. The van der Waals surface area contributed by atoms with Crippen LogP contribution in [0.1, 0.15) is 0 Å². The predicted octanol–water partition coefficient (Wildman–Crippen LogP) is 2.32. The van der Waals surface area contributed by atoms with Crippen LogP contribution in [0, 0.1) is 0 Å². The number of aromatic nitrogens is 1. The molecule has 1 aromatic heterocycles. The predicted molar refractivity (Wildman–Crippen MR) is 123 cm³/mol. The van der Waals surface area contributed by atoms with Gasteiger partial charge in [0.15, 0.2) is 0 Å². The average molecular weight is 391 g/mol. The van der Waals surface area contributed by atoms with E-state index in [1.54, 1.807) is 12.4 Å². The van der Waals surface area contributed by atoms with Gasteiger partial charge in [0.1, 0.15) is 0 Å². The highest BCUT2D eigenvalue weighted by molar-refractivity contribution is 6.87. The highest BCUT2D eigenvalue weighted by Crippen LogP contribution is 2.10. The molecule has 30 heavy (non-hydrogen) atoms. The number of rotatable bonds is 3. The number of benzene rings is 3. The first-order valence-electron chi connectivity index (χ1n) is 9.86. The lowest BCUT2D eigenvalue weighted by molar-refractivity contribution is 0.308. The average Bonchev–Trinajstić information content (AvgIpc) is 2.87. The Morgan fingerprint density at radius 1 is 0.400 bits per heavy atom. The second-order valence-corrected chi connectivity index (χ2v) is 6.66. The monoisotopic (exact) mass is 391 g/mol. The lowest BCUT2D eigenvalue weighted by Gasteiger charge is -2.31. The first-order chi connectivity index (χ1) is 14.9. The largest absolute Gasteiger partial charge is 0.467 e. The van der Waals surface area contributed by atoms with E-state index in [-0.39, 0.29) is 0 Å². The molecule has 1 saturated heterocycles. The van der Waals surface area contributed by atoms with Crippen molar-refractivity contribution in [3.05, 3.63) is 122 Å². The molecule has 0 saturated carbocycles. The van der Waals surface area contributed by atoms with E-state index in [0.717, 1.165) is 16.4 Å². The molecule has 144 valence electrons. The summed E-state index contributed by atoms with van der Waals surface area (Å²) in [5.41, 5.74) is 2.92. The molecule has 1 aliphatic heterocycles. The highest BCUT2D eigenvalue weighted by atomic mass is 16.7. The summed E-state index contributed by atoms with van der Waals surface area (Å²) in [6, 6.07) is 35.5. The van der Waals surface area contributed by atoms with E-state index in [9.17, 15) is 0 Å². The van der Waals surface area contributed by atoms with Crippen LogP contribution in [0.2, 0.25) is 0 Å². The Kier molecular flexibility index (Phi) is 7.13. The van der Waals surface area contributed by atoms with Crippen LogP contribution >= 0.6 is 0 Å². The third-order valence-corrected chi connectivity index (χ3v) is 4.52. The minimum absolute atomic E-state index is 0.477. The van der Waals surface area contributed by atoms with Gasteiger partial charge in [0.05, 0.1) is 0 Å². The number of nitrogens with zero attached hydrogens (tertiary/aromatic N) is 1.